The molecular formula is C20H30F2N4O4. The molecule has 3 heterocycles. The van der Waals surface area contributed by atoms with E-state index in [-0.39, 0.29) is 50.1 Å². The van der Waals surface area contributed by atoms with E-state index in [1.165, 1.54) is 16.7 Å². The molecule has 0 aliphatic carbocycles. The van der Waals surface area contributed by atoms with E-state index in [0.29, 0.717) is 17.7 Å². The maximum absolute atomic E-state index is 15.1. The van der Waals surface area contributed by atoms with Crippen LogP contribution in [-0.2, 0) is 34.9 Å². The number of rotatable bonds is 2. The molecule has 1 N–H and O–H groups in total. The second-order valence-corrected chi connectivity index (χ2v) is 9.10. The lowest BCUT2D eigenvalue weighted by molar-refractivity contribution is -0.0230. The topological polar surface area (TPSA) is 85.7 Å². The molecule has 0 fully saturated rings. The van der Waals surface area contributed by atoms with Crippen molar-refractivity contribution in [2.45, 2.75) is 77.6 Å². The Bertz CT molecular complexity index is 818. The third kappa shape index (κ3) is 4.67. The van der Waals surface area contributed by atoms with Crippen LogP contribution in [0.15, 0.2) is 0 Å². The smallest absolute Gasteiger partial charge is 0.410 e. The number of halogens is 2. The number of carbonyl (C=O) groups is 2. The Kier molecular flexibility index (Phi) is 5.97. The Morgan fingerprint density at radius 1 is 1.33 bits per heavy atom. The molecule has 30 heavy (non-hydrogen) atoms. The molecular weight excluding hydrogens is 398 g/mol. The Morgan fingerprint density at radius 3 is 2.67 bits per heavy atom. The highest BCUT2D eigenvalue weighted by Crippen LogP contribution is 2.42. The molecule has 3 rings (SSSR count). The number of ether oxygens (including phenoxy) is 2. The third-order valence-electron chi connectivity index (χ3n) is 5.48. The molecule has 2 aliphatic heterocycles. The first-order chi connectivity index (χ1) is 13.9. The van der Waals surface area contributed by atoms with Crippen molar-refractivity contribution in [1.82, 2.24) is 20.0 Å². The molecule has 0 bridgehead atoms. The Balaban J connectivity index is 1.87. The summed E-state index contributed by atoms with van der Waals surface area (Å²) >= 11 is 0. The van der Waals surface area contributed by atoms with Gasteiger partial charge in [0, 0.05) is 37.5 Å². The highest BCUT2D eigenvalue weighted by atomic mass is 19.3. The first-order valence-corrected chi connectivity index (χ1v) is 10.2. The molecule has 1 aromatic rings. The van der Waals surface area contributed by atoms with E-state index in [4.69, 9.17) is 4.74 Å². The fourth-order valence-electron chi connectivity index (χ4n) is 4.01. The van der Waals surface area contributed by atoms with E-state index >= 15 is 8.78 Å². The van der Waals surface area contributed by atoms with Gasteiger partial charge in [-0.2, -0.15) is 13.9 Å². The van der Waals surface area contributed by atoms with E-state index in [1.807, 2.05) is 6.92 Å². The van der Waals surface area contributed by atoms with Crippen LogP contribution in [0.1, 0.15) is 57.5 Å². The SMILES string of the molecule is COC(=O)NC[C@@H]1CCC(F)(F)c2c3c(nn2C1)C[C@@H](C)N(C(=O)OC(C)(C)C)C3. The highest BCUT2D eigenvalue weighted by Gasteiger charge is 2.45. The first kappa shape index (κ1) is 22.3. The molecule has 0 saturated heterocycles. The normalized spacial score (nSPS) is 23.1. The molecule has 0 unspecified atom stereocenters. The molecule has 2 aliphatic rings. The van der Waals surface area contributed by atoms with Gasteiger partial charge in [-0.25, -0.2) is 9.59 Å². The van der Waals surface area contributed by atoms with Gasteiger partial charge < -0.3 is 19.7 Å². The third-order valence-corrected chi connectivity index (χ3v) is 5.48. The van der Waals surface area contributed by atoms with Gasteiger partial charge in [0.1, 0.15) is 11.3 Å². The molecule has 1 aromatic heterocycles. The van der Waals surface area contributed by atoms with Crippen LogP contribution in [0.5, 0.6) is 0 Å². The lowest BCUT2D eigenvalue weighted by Gasteiger charge is -2.35. The standard InChI is InChI=1S/C20H30F2N4O4/c1-12-8-15-14(11-25(12)18(28)30-19(2,3)4)16-20(21,22)7-6-13(10-26(16)24-15)9-23-17(27)29-5/h12-13H,6-11H2,1-5H3,(H,23,27)/t12-,13+/m1/s1. The molecule has 0 radical (unpaired) electrons. The van der Waals surface area contributed by atoms with Gasteiger partial charge in [0.2, 0.25) is 0 Å². The summed E-state index contributed by atoms with van der Waals surface area (Å²) in [5.41, 5.74) is 0.208. The zero-order valence-electron chi connectivity index (χ0n) is 18.1. The minimum Gasteiger partial charge on any atom is -0.453 e. The molecule has 10 heteroatoms. The molecule has 0 aromatic carbocycles. The van der Waals surface area contributed by atoms with Gasteiger partial charge in [-0.1, -0.05) is 0 Å². The fraction of sp³-hybridized carbons (Fsp3) is 0.750. The largest absolute Gasteiger partial charge is 0.453 e. The van der Waals surface area contributed by atoms with Crippen molar-refractivity contribution in [1.29, 1.82) is 0 Å². The number of carbonyl (C=O) groups excluding carboxylic acids is 2. The summed E-state index contributed by atoms with van der Waals surface area (Å²) in [6, 6.07) is -0.211. The van der Waals surface area contributed by atoms with Crippen LogP contribution in [0.3, 0.4) is 0 Å². The van der Waals surface area contributed by atoms with E-state index in [2.05, 4.69) is 15.2 Å². The maximum atomic E-state index is 15.1. The molecule has 0 saturated carbocycles. The average Bonchev–Trinajstić information content (AvgIpc) is 2.92. The van der Waals surface area contributed by atoms with Gasteiger partial charge in [0.15, 0.2) is 0 Å². The number of amides is 2. The number of fused-ring (bicyclic) bond motifs is 3. The van der Waals surface area contributed by atoms with Crippen molar-refractivity contribution in [2.24, 2.45) is 5.92 Å². The fourth-order valence-corrected chi connectivity index (χ4v) is 4.01. The summed E-state index contributed by atoms with van der Waals surface area (Å²) in [7, 11) is 1.26. The Morgan fingerprint density at radius 2 is 2.03 bits per heavy atom. The van der Waals surface area contributed by atoms with Gasteiger partial charge in [-0.05, 0) is 40.0 Å². The summed E-state index contributed by atoms with van der Waals surface area (Å²) in [6.07, 6.45) is -0.831. The van der Waals surface area contributed by atoms with E-state index in [1.54, 1.807) is 20.8 Å². The summed E-state index contributed by atoms with van der Waals surface area (Å²) in [5, 5.41) is 7.06. The van der Waals surface area contributed by atoms with Crippen LogP contribution in [0.2, 0.25) is 0 Å². The van der Waals surface area contributed by atoms with Gasteiger partial charge in [-0.3, -0.25) is 4.68 Å². The molecule has 168 valence electrons. The number of methoxy groups -OCH3 is 1. The van der Waals surface area contributed by atoms with Crippen LogP contribution in [0.4, 0.5) is 18.4 Å². The Labute approximate surface area is 174 Å². The zero-order valence-corrected chi connectivity index (χ0v) is 18.1. The molecule has 2 atom stereocenters. The summed E-state index contributed by atoms with van der Waals surface area (Å²) < 4.78 is 41.6. The number of hydrogen-bond donors (Lipinski definition) is 1. The zero-order chi connectivity index (χ0) is 22.3. The van der Waals surface area contributed by atoms with Crippen molar-refractivity contribution in [3.05, 3.63) is 17.0 Å². The molecule has 8 nitrogen and oxygen atoms in total. The van der Waals surface area contributed by atoms with Crippen LogP contribution in [0, 0.1) is 5.92 Å². The number of nitrogens with zero attached hydrogens (tertiary/aromatic N) is 3. The summed E-state index contributed by atoms with van der Waals surface area (Å²) in [5.74, 6) is -3.27. The minimum atomic E-state index is -3.07. The van der Waals surface area contributed by atoms with Crippen molar-refractivity contribution in [3.63, 3.8) is 0 Å². The Hall–Kier alpha value is -2.39. The predicted molar refractivity (Wildman–Crippen MR) is 104 cm³/mol. The minimum absolute atomic E-state index is 0.0431. The lowest BCUT2D eigenvalue weighted by atomic mass is 9.95. The molecule has 2 amide bonds. The maximum Gasteiger partial charge on any atom is 0.410 e. The predicted octanol–water partition coefficient (Wildman–Crippen LogP) is 3.42. The number of aromatic nitrogens is 2. The second-order valence-electron chi connectivity index (χ2n) is 9.10. The summed E-state index contributed by atoms with van der Waals surface area (Å²) in [4.78, 5) is 25.5. The second kappa shape index (κ2) is 8.03. The van der Waals surface area contributed by atoms with E-state index < -0.39 is 23.7 Å². The molecule has 0 spiro atoms. The first-order valence-electron chi connectivity index (χ1n) is 10.2. The summed E-state index contributed by atoms with van der Waals surface area (Å²) in [6.45, 7) is 7.71. The van der Waals surface area contributed by atoms with Gasteiger partial charge >= 0.3 is 12.2 Å². The number of alkyl halides is 2. The van der Waals surface area contributed by atoms with Crippen LogP contribution in [-0.4, -0.2) is 52.2 Å². The number of nitrogens with one attached hydrogen (secondary N) is 1. The highest BCUT2D eigenvalue weighted by molar-refractivity contribution is 5.69. The lowest BCUT2D eigenvalue weighted by Crippen LogP contribution is -2.45. The monoisotopic (exact) mass is 428 g/mol. The number of hydrogen-bond acceptors (Lipinski definition) is 5. The van der Waals surface area contributed by atoms with Crippen LogP contribution in [0.25, 0.3) is 0 Å². The van der Waals surface area contributed by atoms with Crippen molar-refractivity contribution in [3.8, 4) is 0 Å². The average molecular weight is 428 g/mol. The van der Waals surface area contributed by atoms with Gasteiger partial charge in [-0.15, -0.1) is 0 Å². The van der Waals surface area contributed by atoms with Crippen molar-refractivity contribution < 1.29 is 27.8 Å². The van der Waals surface area contributed by atoms with Gasteiger partial charge in [0.25, 0.3) is 5.92 Å². The van der Waals surface area contributed by atoms with Crippen molar-refractivity contribution in [2.75, 3.05) is 13.7 Å². The van der Waals surface area contributed by atoms with Crippen LogP contribution >= 0.6 is 0 Å². The quantitative estimate of drug-likeness (QED) is 0.780. The van der Waals surface area contributed by atoms with Gasteiger partial charge in [0.05, 0.1) is 19.3 Å². The van der Waals surface area contributed by atoms with E-state index in [0.717, 1.165) is 0 Å². The van der Waals surface area contributed by atoms with Crippen molar-refractivity contribution >= 4 is 12.2 Å². The van der Waals surface area contributed by atoms with E-state index in [9.17, 15) is 9.59 Å². The van der Waals surface area contributed by atoms with Crippen LogP contribution < -0.4 is 5.32 Å². The number of alkyl carbamates (subject to hydrolysis) is 1.